The Hall–Kier alpha value is -2.31. The molecule has 1 N–H and O–H groups in total. The Morgan fingerprint density at radius 2 is 2.04 bits per heavy atom. The van der Waals surface area contributed by atoms with Crippen LogP contribution in [0.15, 0.2) is 49.3 Å². The summed E-state index contributed by atoms with van der Waals surface area (Å²) >= 11 is 6.22. The molecule has 144 valence electrons. The highest BCUT2D eigenvalue weighted by atomic mass is 35.5. The van der Waals surface area contributed by atoms with Crippen LogP contribution in [0.5, 0.6) is 5.75 Å². The highest BCUT2D eigenvalue weighted by molar-refractivity contribution is 6.30. The predicted octanol–water partition coefficient (Wildman–Crippen LogP) is 4.03. The van der Waals surface area contributed by atoms with Gasteiger partial charge in [-0.05, 0) is 44.9 Å². The van der Waals surface area contributed by atoms with Crippen LogP contribution in [0.25, 0.3) is 11.4 Å². The highest BCUT2D eigenvalue weighted by Gasteiger charge is 2.16. The minimum Gasteiger partial charge on any atom is -0.493 e. The first-order chi connectivity index (χ1) is 12.9. The standard InChI is InChI=1S/C20H25ClN4O2/c1-20(2,26)6-10-25-12-8-23-19(25)17-14-16(21)4-5-18(17)27-13-3-9-24-11-7-22-15-24/h4-5,7-8,11-12,14-15,26H,3,6,9-10,13H2,1-2H3. The third kappa shape index (κ3) is 5.58. The van der Waals surface area contributed by atoms with Crippen LogP contribution in [0.2, 0.25) is 5.02 Å². The van der Waals surface area contributed by atoms with Gasteiger partial charge in [0.1, 0.15) is 11.6 Å². The molecule has 0 fully saturated rings. The Morgan fingerprint density at radius 1 is 1.19 bits per heavy atom. The summed E-state index contributed by atoms with van der Waals surface area (Å²) in [7, 11) is 0. The molecule has 0 saturated heterocycles. The lowest BCUT2D eigenvalue weighted by atomic mass is 10.1. The largest absolute Gasteiger partial charge is 0.493 e. The molecule has 0 radical (unpaired) electrons. The SMILES string of the molecule is CC(C)(O)CCn1ccnc1-c1cc(Cl)ccc1OCCCn1ccnc1. The Balaban J connectivity index is 1.71. The first-order valence-electron chi connectivity index (χ1n) is 9.04. The van der Waals surface area contributed by atoms with Crippen molar-refractivity contribution in [3.8, 4) is 17.1 Å². The second kappa shape index (κ2) is 8.59. The van der Waals surface area contributed by atoms with E-state index in [1.54, 1.807) is 32.6 Å². The van der Waals surface area contributed by atoms with Crippen molar-refractivity contribution in [2.24, 2.45) is 0 Å². The number of hydrogen-bond acceptors (Lipinski definition) is 4. The van der Waals surface area contributed by atoms with Crippen molar-refractivity contribution in [1.29, 1.82) is 0 Å². The molecule has 2 heterocycles. The molecule has 1 aromatic carbocycles. The summed E-state index contributed by atoms with van der Waals surface area (Å²) in [5, 5.41) is 10.6. The molecule has 0 bridgehead atoms. The van der Waals surface area contributed by atoms with E-state index in [1.165, 1.54) is 0 Å². The number of nitrogens with zero attached hydrogens (tertiary/aromatic N) is 4. The summed E-state index contributed by atoms with van der Waals surface area (Å²) in [6.07, 6.45) is 10.7. The van der Waals surface area contributed by atoms with E-state index in [2.05, 4.69) is 9.97 Å². The summed E-state index contributed by atoms with van der Waals surface area (Å²) in [5.74, 6) is 1.53. The quantitative estimate of drug-likeness (QED) is 0.562. The second-order valence-electron chi connectivity index (χ2n) is 7.15. The van der Waals surface area contributed by atoms with Gasteiger partial charge in [0.15, 0.2) is 0 Å². The van der Waals surface area contributed by atoms with Gasteiger partial charge in [-0.15, -0.1) is 0 Å². The summed E-state index contributed by atoms with van der Waals surface area (Å²) < 4.78 is 10.1. The number of imidazole rings is 2. The van der Waals surface area contributed by atoms with Crippen molar-refractivity contribution in [3.05, 3.63) is 54.3 Å². The normalized spacial score (nSPS) is 11.7. The van der Waals surface area contributed by atoms with Gasteiger partial charge < -0.3 is 19.0 Å². The zero-order chi connectivity index (χ0) is 19.3. The molecule has 0 saturated carbocycles. The molecule has 7 heteroatoms. The average Bonchev–Trinajstić information content (AvgIpc) is 3.29. The lowest BCUT2D eigenvalue weighted by molar-refractivity contribution is 0.0663. The minimum atomic E-state index is -0.734. The summed E-state index contributed by atoms with van der Waals surface area (Å²) in [5.41, 5.74) is 0.119. The molecule has 6 nitrogen and oxygen atoms in total. The van der Waals surface area contributed by atoms with E-state index in [-0.39, 0.29) is 0 Å². The van der Waals surface area contributed by atoms with E-state index < -0.39 is 5.60 Å². The van der Waals surface area contributed by atoms with Gasteiger partial charge in [-0.1, -0.05) is 11.6 Å². The minimum absolute atomic E-state index is 0.581. The van der Waals surface area contributed by atoms with Crippen LogP contribution in [-0.2, 0) is 13.1 Å². The topological polar surface area (TPSA) is 65.1 Å². The van der Waals surface area contributed by atoms with Gasteiger partial charge in [0.05, 0.1) is 24.1 Å². The van der Waals surface area contributed by atoms with Gasteiger partial charge in [0, 0.05) is 42.9 Å². The fourth-order valence-corrected chi connectivity index (χ4v) is 2.95. The Kier molecular flexibility index (Phi) is 6.19. The maximum Gasteiger partial charge on any atom is 0.143 e. The van der Waals surface area contributed by atoms with E-state index in [4.69, 9.17) is 16.3 Å². The summed E-state index contributed by atoms with van der Waals surface area (Å²) in [4.78, 5) is 8.53. The van der Waals surface area contributed by atoms with Crippen molar-refractivity contribution in [2.45, 2.75) is 45.4 Å². The van der Waals surface area contributed by atoms with Crippen LogP contribution < -0.4 is 4.74 Å². The molecular weight excluding hydrogens is 364 g/mol. The molecule has 0 amide bonds. The first kappa shape index (κ1) is 19.5. The zero-order valence-electron chi connectivity index (χ0n) is 15.7. The van der Waals surface area contributed by atoms with Crippen LogP contribution in [0.3, 0.4) is 0 Å². The molecule has 0 atom stereocenters. The molecule has 27 heavy (non-hydrogen) atoms. The molecule has 0 unspecified atom stereocenters. The van der Waals surface area contributed by atoms with Crippen LogP contribution >= 0.6 is 11.6 Å². The first-order valence-corrected chi connectivity index (χ1v) is 9.42. The van der Waals surface area contributed by atoms with Crippen LogP contribution in [0.4, 0.5) is 0 Å². The maximum atomic E-state index is 10.0. The van der Waals surface area contributed by atoms with Crippen molar-refractivity contribution in [1.82, 2.24) is 19.1 Å². The van der Waals surface area contributed by atoms with E-state index in [1.807, 2.05) is 39.7 Å². The molecule has 0 aliphatic rings. The highest BCUT2D eigenvalue weighted by Crippen LogP contribution is 2.32. The summed E-state index contributed by atoms with van der Waals surface area (Å²) in [6, 6.07) is 5.57. The fraction of sp³-hybridized carbons (Fsp3) is 0.400. The van der Waals surface area contributed by atoms with Gasteiger partial charge in [-0.2, -0.15) is 0 Å². The van der Waals surface area contributed by atoms with E-state index in [0.29, 0.717) is 24.6 Å². The summed E-state index contributed by atoms with van der Waals surface area (Å²) in [6.45, 7) is 5.70. The van der Waals surface area contributed by atoms with Gasteiger partial charge in [0.25, 0.3) is 0 Å². The van der Waals surface area contributed by atoms with Crippen molar-refractivity contribution in [2.75, 3.05) is 6.61 Å². The van der Waals surface area contributed by atoms with E-state index in [0.717, 1.165) is 30.1 Å². The number of hydrogen-bond donors (Lipinski definition) is 1. The number of ether oxygens (including phenoxy) is 1. The van der Waals surface area contributed by atoms with Crippen LogP contribution in [0, 0.1) is 0 Å². The third-order valence-corrected chi connectivity index (χ3v) is 4.48. The number of rotatable bonds is 9. The Bertz CT molecular complexity index is 853. The predicted molar refractivity (Wildman–Crippen MR) is 106 cm³/mol. The van der Waals surface area contributed by atoms with Crippen LogP contribution in [0.1, 0.15) is 26.7 Å². The molecule has 2 aromatic heterocycles. The number of aryl methyl sites for hydroxylation is 2. The molecular formula is C20H25ClN4O2. The maximum absolute atomic E-state index is 10.0. The Morgan fingerprint density at radius 3 is 2.78 bits per heavy atom. The monoisotopic (exact) mass is 388 g/mol. The molecule has 3 rings (SSSR count). The number of aliphatic hydroxyl groups is 1. The van der Waals surface area contributed by atoms with E-state index in [9.17, 15) is 5.11 Å². The van der Waals surface area contributed by atoms with Crippen molar-refractivity contribution < 1.29 is 9.84 Å². The van der Waals surface area contributed by atoms with Crippen molar-refractivity contribution >= 4 is 11.6 Å². The molecule has 0 aliphatic heterocycles. The molecule has 0 spiro atoms. The fourth-order valence-electron chi connectivity index (χ4n) is 2.78. The van der Waals surface area contributed by atoms with Gasteiger partial charge in [0.2, 0.25) is 0 Å². The number of benzene rings is 1. The van der Waals surface area contributed by atoms with Crippen molar-refractivity contribution in [3.63, 3.8) is 0 Å². The van der Waals surface area contributed by atoms with Gasteiger partial charge >= 0.3 is 0 Å². The lowest BCUT2D eigenvalue weighted by Gasteiger charge is -2.19. The second-order valence-corrected chi connectivity index (χ2v) is 7.59. The lowest BCUT2D eigenvalue weighted by Crippen LogP contribution is -2.21. The van der Waals surface area contributed by atoms with E-state index >= 15 is 0 Å². The van der Waals surface area contributed by atoms with Gasteiger partial charge in [-0.25, -0.2) is 9.97 Å². The number of halogens is 1. The Labute approximate surface area is 164 Å². The van der Waals surface area contributed by atoms with Crippen LogP contribution in [-0.4, -0.2) is 36.4 Å². The molecule has 3 aromatic rings. The zero-order valence-corrected chi connectivity index (χ0v) is 16.4. The average molecular weight is 389 g/mol. The van der Waals surface area contributed by atoms with Gasteiger partial charge in [-0.3, -0.25) is 0 Å². The molecule has 0 aliphatic carbocycles. The third-order valence-electron chi connectivity index (χ3n) is 4.24. The number of aromatic nitrogens is 4. The smallest absolute Gasteiger partial charge is 0.143 e.